The summed E-state index contributed by atoms with van der Waals surface area (Å²) in [6.07, 6.45) is -2.29. The van der Waals surface area contributed by atoms with Crippen molar-refractivity contribution in [2.45, 2.75) is 64.7 Å². The van der Waals surface area contributed by atoms with E-state index in [1.165, 1.54) is 24.9 Å². The van der Waals surface area contributed by atoms with E-state index in [2.05, 4.69) is 20.0 Å². The topological polar surface area (TPSA) is 185 Å². The highest BCUT2D eigenvalue weighted by molar-refractivity contribution is 8.09. The quantitative estimate of drug-likeness (QED) is 0.134. The van der Waals surface area contributed by atoms with Gasteiger partial charge in [-0.25, -0.2) is 10.1 Å². The minimum atomic E-state index is -3.54. The van der Waals surface area contributed by atoms with Crippen molar-refractivity contribution in [1.82, 2.24) is 24.6 Å². The van der Waals surface area contributed by atoms with Crippen LogP contribution in [0.15, 0.2) is 48.8 Å². The first-order chi connectivity index (χ1) is 21.6. The Morgan fingerprint density at radius 2 is 1.96 bits per heavy atom. The number of benzene rings is 2. The zero-order chi connectivity index (χ0) is 33.4. The Bertz CT molecular complexity index is 1770. The molecule has 2 aromatic heterocycles. The number of nitrogens with two attached hydrogens (primary N) is 1. The van der Waals surface area contributed by atoms with Gasteiger partial charge in [0, 0.05) is 5.39 Å². The molecule has 1 saturated heterocycles. The number of fused-ring (bicyclic) bond motifs is 2. The zero-order valence-corrected chi connectivity index (χ0v) is 28.1. The molecule has 0 aliphatic carbocycles. The molecule has 0 radical (unpaired) electrons. The Balaban J connectivity index is 1.40. The number of esters is 1. The van der Waals surface area contributed by atoms with Gasteiger partial charge < -0.3 is 39.2 Å². The first kappa shape index (κ1) is 33.9. The van der Waals surface area contributed by atoms with E-state index in [9.17, 15) is 15.0 Å². The van der Waals surface area contributed by atoms with Gasteiger partial charge in [-0.2, -0.15) is 9.97 Å². The van der Waals surface area contributed by atoms with Crippen LogP contribution in [0, 0.1) is 5.41 Å². The Labute approximate surface area is 271 Å². The first-order valence-corrected chi connectivity index (χ1v) is 17.2. The van der Waals surface area contributed by atoms with Crippen molar-refractivity contribution in [3.8, 4) is 11.6 Å². The molecule has 0 amide bonds. The van der Waals surface area contributed by atoms with Crippen LogP contribution < -0.4 is 20.1 Å². The van der Waals surface area contributed by atoms with Crippen LogP contribution >= 0.6 is 6.64 Å². The summed E-state index contributed by atoms with van der Waals surface area (Å²) in [5.41, 5.74) is 4.33. The highest BCUT2D eigenvalue weighted by Gasteiger charge is 2.54. The number of nitrogen functional groups attached to an aromatic ring is 1. The fraction of sp³-hybridized carbons (Fsp3) is 0.467. The summed E-state index contributed by atoms with van der Waals surface area (Å²) in [4.78, 5) is 25.5. The Kier molecular flexibility index (Phi) is 9.58. The van der Waals surface area contributed by atoms with Gasteiger partial charge in [-0.05, 0) is 42.5 Å². The first-order valence-electron chi connectivity index (χ1n) is 14.6. The third-order valence-electron chi connectivity index (χ3n) is 7.34. The molecule has 4 aromatic rings. The molecular weight excluding hydrogens is 635 g/mol. The number of rotatable bonds is 11. The SMILES string of the molecule is COc1nc(N)nc2c1ncn2[C@@H]1O[C@H](COP(=S)(NC(C)C(=O)OCC(C)(C)C)Oc2cccc3ccccc23)[C@@H](O)[C@@]1(C)O. The van der Waals surface area contributed by atoms with E-state index in [4.69, 9.17) is 40.8 Å². The van der Waals surface area contributed by atoms with E-state index >= 15 is 0 Å². The minimum Gasteiger partial charge on any atom is -0.479 e. The van der Waals surface area contributed by atoms with Crippen LogP contribution in [0.3, 0.4) is 0 Å². The normalized spacial score (nSPS) is 23.7. The molecule has 16 heteroatoms. The predicted molar refractivity (Wildman–Crippen MR) is 175 cm³/mol. The lowest BCUT2D eigenvalue weighted by Gasteiger charge is -2.29. The number of hydrogen-bond acceptors (Lipinski definition) is 13. The summed E-state index contributed by atoms with van der Waals surface area (Å²) in [5, 5.41) is 27.4. The second kappa shape index (κ2) is 13.0. The number of imidazole rings is 1. The minimum absolute atomic E-state index is 0.0725. The van der Waals surface area contributed by atoms with Crippen LogP contribution in [0.25, 0.3) is 21.9 Å². The standard InChI is InChI=1S/C30H39N6O8PS/c1-17(26(38)41-15-29(2,3)4)35-45(46,44-20-13-9-11-18-10-7-8-12-19(18)20)42-14-21-23(37)30(5,39)27(43-21)36-16-32-22-24(36)33-28(31)34-25(22)40-6/h7-13,16-17,21,23,27,37,39H,14-15H2,1-6H3,(H,35,46)(H2,31,33,34)/t17?,21-,23-,27-,30-,45?/m1/s1. The molecule has 6 atom stereocenters. The fourth-order valence-corrected chi connectivity index (χ4v) is 7.39. The smallest absolute Gasteiger partial charge is 0.323 e. The molecule has 3 heterocycles. The summed E-state index contributed by atoms with van der Waals surface area (Å²) in [6, 6.07) is 12.2. The molecule has 46 heavy (non-hydrogen) atoms. The van der Waals surface area contributed by atoms with Gasteiger partial charge in [0.15, 0.2) is 17.4 Å². The third-order valence-corrected chi connectivity index (χ3v) is 9.82. The van der Waals surface area contributed by atoms with E-state index in [0.29, 0.717) is 11.3 Å². The van der Waals surface area contributed by atoms with E-state index in [0.717, 1.165) is 10.8 Å². The number of hydrogen-bond donors (Lipinski definition) is 4. The number of aromatic nitrogens is 4. The number of aliphatic hydroxyl groups excluding tert-OH is 1. The number of nitrogens with zero attached hydrogens (tertiary/aromatic N) is 4. The van der Waals surface area contributed by atoms with Crippen LogP contribution in [0.5, 0.6) is 11.6 Å². The average Bonchev–Trinajstić information content (AvgIpc) is 3.51. The molecular formula is C30H39N6O8PS. The molecule has 1 aliphatic heterocycles. The van der Waals surface area contributed by atoms with Crippen molar-refractivity contribution < 1.29 is 38.3 Å². The molecule has 2 aromatic carbocycles. The molecule has 1 fully saturated rings. The lowest BCUT2D eigenvalue weighted by atomic mass is 9.96. The molecule has 14 nitrogen and oxygen atoms in total. The molecule has 0 saturated carbocycles. The van der Waals surface area contributed by atoms with Gasteiger partial charge in [0.1, 0.15) is 29.6 Å². The van der Waals surface area contributed by atoms with Crippen molar-refractivity contribution in [2.24, 2.45) is 5.41 Å². The number of carbonyl (C=O) groups excluding carboxylic acids is 1. The maximum atomic E-state index is 12.9. The zero-order valence-electron chi connectivity index (χ0n) is 26.4. The number of carbonyl (C=O) groups is 1. The predicted octanol–water partition coefficient (Wildman–Crippen LogP) is 3.47. The van der Waals surface area contributed by atoms with Gasteiger partial charge in [0.25, 0.3) is 0 Å². The largest absolute Gasteiger partial charge is 0.479 e. The van der Waals surface area contributed by atoms with E-state index in [-0.39, 0.29) is 36.1 Å². The molecule has 1 aliphatic rings. The lowest BCUT2D eigenvalue weighted by molar-refractivity contribution is -0.148. The van der Waals surface area contributed by atoms with Gasteiger partial charge >= 0.3 is 12.6 Å². The van der Waals surface area contributed by atoms with Crippen LogP contribution in [0.1, 0.15) is 40.8 Å². The maximum Gasteiger partial charge on any atom is 0.323 e. The summed E-state index contributed by atoms with van der Waals surface area (Å²) in [7, 11) is 1.42. The maximum absolute atomic E-state index is 12.9. The van der Waals surface area contributed by atoms with Crippen molar-refractivity contribution in [3.63, 3.8) is 0 Å². The number of nitrogens with one attached hydrogen (secondary N) is 1. The summed E-state index contributed by atoms with van der Waals surface area (Å²) >= 11 is 5.93. The molecule has 5 rings (SSSR count). The summed E-state index contributed by atoms with van der Waals surface area (Å²) in [6.45, 7) is 5.25. The fourth-order valence-electron chi connectivity index (χ4n) is 4.97. The highest BCUT2D eigenvalue weighted by Crippen LogP contribution is 2.49. The van der Waals surface area contributed by atoms with Crippen molar-refractivity contribution >= 4 is 52.3 Å². The summed E-state index contributed by atoms with van der Waals surface area (Å²) < 4.78 is 30.9. The Morgan fingerprint density at radius 1 is 1.24 bits per heavy atom. The highest BCUT2D eigenvalue weighted by atomic mass is 32.5. The molecule has 5 N–H and O–H groups in total. The average molecular weight is 675 g/mol. The van der Waals surface area contributed by atoms with Gasteiger partial charge in [0.2, 0.25) is 11.8 Å². The van der Waals surface area contributed by atoms with Gasteiger partial charge in [-0.15, -0.1) is 0 Å². The molecule has 0 spiro atoms. The van der Waals surface area contributed by atoms with Gasteiger partial charge in [0.05, 0.1) is 26.7 Å². The van der Waals surface area contributed by atoms with Gasteiger partial charge in [-0.3, -0.25) is 9.36 Å². The van der Waals surface area contributed by atoms with Crippen molar-refractivity contribution in [2.75, 3.05) is 26.1 Å². The third kappa shape index (κ3) is 7.10. The molecule has 2 unspecified atom stereocenters. The second-order valence-corrected chi connectivity index (χ2v) is 15.6. The Hall–Kier alpha value is -3.43. The van der Waals surface area contributed by atoms with E-state index < -0.39 is 42.7 Å². The van der Waals surface area contributed by atoms with Crippen LogP contribution in [-0.2, 0) is 30.6 Å². The van der Waals surface area contributed by atoms with E-state index in [1.807, 2.05) is 57.2 Å². The number of anilines is 1. The van der Waals surface area contributed by atoms with Gasteiger partial charge in [-0.1, -0.05) is 57.2 Å². The number of methoxy groups -OCH3 is 1. The Morgan fingerprint density at radius 3 is 2.67 bits per heavy atom. The van der Waals surface area contributed by atoms with E-state index in [1.54, 1.807) is 13.0 Å². The molecule has 248 valence electrons. The van der Waals surface area contributed by atoms with Crippen LogP contribution in [0.4, 0.5) is 5.95 Å². The van der Waals surface area contributed by atoms with Crippen molar-refractivity contribution in [1.29, 1.82) is 0 Å². The van der Waals surface area contributed by atoms with Crippen molar-refractivity contribution in [3.05, 3.63) is 48.8 Å². The van der Waals surface area contributed by atoms with Crippen LogP contribution in [-0.4, -0.2) is 79.9 Å². The number of aliphatic hydroxyl groups is 2. The van der Waals surface area contributed by atoms with Crippen LogP contribution in [0.2, 0.25) is 0 Å². The summed E-state index contributed by atoms with van der Waals surface area (Å²) in [5.74, 6) is -0.0142. The lowest BCUT2D eigenvalue weighted by Crippen LogP contribution is -2.44. The number of ether oxygens (including phenoxy) is 3. The second-order valence-electron chi connectivity index (χ2n) is 12.5. The monoisotopic (exact) mass is 674 g/mol. The molecule has 0 bridgehead atoms.